The number of amides is 1. The quantitative estimate of drug-likeness (QED) is 0.811. The van der Waals surface area contributed by atoms with Gasteiger partial charge in [0.1, 0.15) is 0 Å². The zero-order chi connectivity index (χ0) is 12.6. The molecule has 1 amide bonds. The lowest BCUT2D eigenvalue weighted by atomic mass is 9.95. The van der Waals surface area contributed by atoms with Crippen LogP contribution in [0, 0.1) is 0 Å². The molecule has 2 rings (SSSR count). The molecule has 1 aliphatic rings. The third-order valence-electron chi connectivity index (χ3n) is 3.32. The lowest BCUT2D eigenvalue weighted by Crippen LogP contribution is -2.15. The second-order valence-corrected chi connectivity index (χ2v) is 5.18. The average molecular weight is 273 g/mol. The van der Waals surface area contributed by atoms with Gasteiger partial charge in [0.15, 0.2) is 0 Å². The lowest BCUT2D eigenvalue weighted by Gasteiger charge is -2.17. The summed E-state index contributed by atoms with van der Waals surface area (Å²) in [5.74, 6) is -0.261. The minimum atomic E-state index is -0.607. The molecule has 1 fully saturated rings. The first-order chi connectivity index (χ1) is 8.02. The predicted octanol–water partition coefficient (Wildman–Crippen LogP) is 3.33. The second-order valence-electron chi connectivity index (χ2n) is 4.39. The highest BCUT2D eigenvalue weighted by molar-refractivity contribution is 6.38. The third-order valence-corrected chi connectivity index (χ3v) is 4.04. The number of carbonyl (C=O) groups excluding carboxylic acids is 1. The van der Waals surface area contributed by atoms with E-state index in [2.05, 4.69) is 0 Å². The molecule has 92 valence electrons. The van der Waals surface area contributed by atoms with Crippen LogP contribution in [-0.2, 0) is 0 Å². The van der Waals surface area contributed by atoms with Crippen LogP contribution in [0.25, 0.3) is 0 Å². The van der Waals surface area contributed by atoms with Gasteiger partial charge in [0.2, 0.25) is 0 Å². The third kappa shape index (κ3) is 2.22. The van der Waals surface area contributed by atoms with Gasteiger partial charge in [0.05, 0.1) is 16.3 Å². The Morgan fingerprint density at radius 3 is 2.41 bits per heavy atom. The SMILES string of the molecule is NC(=O)c1cc(Cl)c(C2CCCC2)c(Cl)c1N. The molecule has 1 aliphatic carbocycles. The lowest BCUT2D eigenvalue weighted by molar-refractivity contribution is 0.100. The predicted molar refractivity (Wildman–Crippen MR) is 70.6 cm³/mol. The molecule has 0 aliphatic heterocycles. The number of rotatable bonds is 2. The number of nitrogens with two attached hydrogens (primary N) is 2. The van der Waals surface area contributed by atoms with Crippen molar-refractivity contribution in [3.63, 3.8) is 0 Å². The normalized spacial score (nSPS) is 16.4. The molecule has 1 aromatic rings. The fourth-order valence-corrected chi connectivity index (χ4v) is 3.21. The molecule has 17 heavy (non-hydrogen) atoms. The Balaban J connectivity index is 2.54. The molecule has 4 N–H and O–H groups in total. The van der Waals surface area contributed by atoms with Crippen LogP contribution in [0.3, 0.4) is 0 Å². The van der Waals surface area contributed by atoms with Crippen molar-refractivity contribution in [2.24, 2.45) is 5.73 Å². The van der Waals surface area contributed by atoms with Crippen LogP contribution in [0.1, 0.15) is 47.5 Å². The summed E-state index contributed by atoms with van der Waals surface area (Å²) in [7, 11) is 0. The van der Waals surface area contributed by atoms with E-state index in [1.54, 1.807) is 0 Å². The highest BCUT2D eigenvalue weighted by Crippen LogP contribution is 2.44. The van der Waals surface area contributed by atoms with Crippen molar-refractivity contribution in [2.75, 3.05) is 5.73 Å². The zero-order valence-electron chi connectivity index (χ0n) is 9.30. The minimum Gasteiger partial charge on any atom is -0.397 e. The van der Waals surface area contributed by atoms with Gasteiger partial charge in [-0.05, 0) is 30.4 Å². The summed E-state index contributed by atoms with van der Waals surface area (Å²) >= 11 is 12.4. The fourth-order valence-electron chi connectivity index (χ4n) is 2.44. The minimum absolute atomic E-state index is 0.196. The summed E-state index contributed by atoms with van der Waals surface area (Å²) in [4.78, 5) is 11.2. The van der Waals surface area contributed by atoms with Gasteiger partial charge in [0.25, 0.3) is 5.91 Å². The smallest absolute Gasteiger partial charge is 0.250 e. The number of halogens is 2. The molecular formula is C12H14Cl2N2O. The number of nitrogen functional groups attached to an aromatic ring is 1. The Labute approximate surface area is 110 Å². The van der Waals surface area contributed by atoms with Crippen molar-refractivity contribution in [2.45, 2.75) is 31.6 Å². The van der Waals surface area contributed by atoms with E-state index in [1.807, 2.05) is 0 Å². The Kier molecular flexibility index (Phi) is 3.50. The summed E-state index contributed by atoms with van der Waals surface area (Å²) in [6.07, 6.45) is 4.48. The number of benzene rings is 1. The summed E-state index contributed by atoms with van der Waals surface area (Å²) in [6.45, 7) is 0. The van der Waals surface area contributed by atoms with Crippen molar-refractivity contribution in [1.29, 1.82) is 0 Å². The van der Waals surface area contributed by atoms with Crippen molar-refractivity contribution < 1.29 is 4.79 Å². The molecule has 1 aromatic carbocycles. The van der Waals surface area contributed by atoms with Gasteiger partial charge in [-0.25, -0.2) is 0 Å². The van der Waals surface area contributed by atoms with E-state index in [1.165, 1.54) is 18.9 Å². The Bertz CT molecular complexity index is 468. The van der Waals surface area contributed by atoms with Crippen molar-refractivity contribution in [3.05, 3.63) is 27.2 Å². The van der Waals surface area contributed by atoms with Gasteiger partial charge in [-0.3, -0.25) is 4.79 Å². The van der Waals surface area contributed by atoms with Gasteiger partial charge in [-0.1, -0.05) is 36.0 Å². The molecule has 0 heterocycles. The van der Waals surface area contributed by atoms with Crippen LogP contribution in [0.15, 0.2) is 6.07 Å². The Hall–Kier alpha value is -0.930. The van der Waals surface area contributed by atoms with Gasteiger partial charge in [-0.15, -0.1) is 0 Å². The molecule has 0 bridgehead atoms. The summed E-state index contributed by atoms with van der Waals surface area (Å²) in [5.41, 5.74) is 12.4. The summed E-state index contributed by atoms with van der Waals surface area (Å²) in [5, 5.41) is 0.878. The van der Waals surface area contributed by atoms with Crippen LogP contribution < -0.4 is 11.5 Å². The largest absolute Gasteiger partial charge is 0.397 e. The van der Waals surface area contributed by atoms with Crippen LogP contribution in [0.2, 0.25) is 10.0 Å². The molecule has 0 atom stereocenters. The van der Waals surface area contributed by atoms with E-state index in [-0.39, 0.29) is 11.3 Å². The summed E-state index contributed by atoms with van der Waals surface area (Å²) in [6, 6.07) is 1.53. The van der Waals surface area contributed by atoms with E-state index < -0.39 is 5.91 Å². The zero-order valence-corrected chi connectivity index (χ0v) is 10.8. The Morgan fingerprint density at radius 2 is 1.88 bits per heavy atom. The topological polar surface area (TPSA) is 69.1 Å². The maximum Gasteiger partial charge on any atom is 0.250 e. The number of hydrogen-bond donors (Lipinski definition) is 2. The number of carbonyl (C=O) groups is 1. The van der Waals surface area contributed by atoms with Gasteiger partial charge in [0, 0.05) is 5.02 Å². The molecular weight excluding hydrogens is 259 g/mol. The molecule has 0 aromatic heterocycles. The number of hydrogen-bond acceptors (Lipinski definition) is 2. The van der Waals surface area contributed by atoms with Crippen LogP contribution >= 0.6 is 23.2 Å². The molecule has 0 radical (unpaired) electrons. The molecule has 0 spiro atoms. The number of primary amides is 1. The average Bonchev–Trinajstić information content (AvgIpc) is 2.76. The van der Waals surface area contributed by atoms with Crippen LogP contribution in [0.5, 0.6) is 0 Å². The fraction of sp³-hybridized carbons (Fsp3) is 0.417. The van der Waals surface area contributed by atoms with Crippen molar-refractivity contribution in [3.8, 4) is 0 Å². The van der Waals surface area contributed by atoms with Crippen LogP contribution in [0.4, 0.5) is 5.69 Å². The molecule has 3 nitrogen and oxygen atoms in total. The molecule has 5 heteroatoms. The summed E-state index contributed by atoms with van der Waals surface area (Å²) < 4.78 is 0. The second kappa shape index (κ2) is 4.75. The maximum atomic E-state index is 11.2. The van der Waals surface area contributed by atoms with Crippen LogP contribution in [-0.4, -0.2) is 5.91 Å². The van der Waals surface area contributed by atoms with E-state index in [9.17, 15) is 4.79 Å². The van der Waals surface area contributed by atoms with Gasteiger partial charge in [-0.2, -0.15) is 0 Å². The van der Waals surface area contributed by atoms with E-state index in [0.717, 1.165) is 18.4 Å². The molecule has 0 saturated heterocycles. The maximum absolute atomic E-state index is 11.2. The van der Waals surface area contributed by atoms with Crippen molar-refractivity contribution in [1.82, 2.24) is 0 Å². The first-order valence-electron chi connectivity index (χ1n) is 5.59. The van der Waals surface area contributed by atoms with Gasteiger partial charge < -0.3 is 11.5 Å². The van der Waals surface area contributed by atoms with Crippen molar-refractivity contribution >= 4 is 34.8 Å². The molecule has 1 saturated carbocycles. The van der Waals surface area contributed by atoms with E-state index in [4.69, 9.17) is 34.7 Å². The highest BCUT2D eigenvalue weighted by Gasteiger charge is 2.25. The Morgan fingerprint density at radius 1 is 1.29 bits per heavy atom. The highest BCUT2D eigenvalue weighted by atomic mass is 35.5. The van der Waals surface area contributed by atoms with Gasteiger partial charge >= 0.3 is 0 Å². The molecule has 0 unspecified atom stereocenters. The van der Waals surface area contributed by atoms with E-state index in [0.29, 0.717) is 16.0 Å². The first kappa shape index (κ1) is 12.5. The monoisotopic (exact) mass is 272 g/mol. The standard InChI is InChI=1S/C12H14Cl2N2O/c13-8-5-7(12(16)17)11(15)10(14)9(8)6-3-1-2-4-6/h5-6H,1-4,15H2,(H2,16,17). The first-order valence-corrected chi connectivity index (χ1v) is 6.35. The number of anilines is 1. The van der Waals surface area contributed by atoms with E-state index >= 15 is 0 Å².